The van der Waals surface area contributed by atoms with Gasteiger partial charge in [-0.1, -0.05) is 0 Å². The molecule has 0 radical (unpaired) electrons. The number of anilines is 1. The molecule has 0 atom stereocenters. The molecule has 0 unspecified atom stereocenters. The highest BCUT2D eigenvalue weighted by Gasteiger charge is 2.34. The first-order chi connectivity index (χ1) is 9.27. The molecule has 5 nitrogen and oxygen atoms in total. The number of aromatic nitrogens is 2. The third-order valence-electron chi connectivity index (χ3n) is 3.14. The van der Waals surface area contributed by atoms with E-state index in [4.69, 9.17) is 16.7 Å². The molecule has 2 heterocycles. The van der Waals surface area contributed by atoms with Gasteiger partial charge in [-0.3, -0.25) is 4.79 Å². The van der Waals surface area contributed by atoms with Crippen molar-refractivity contribution in [3.8, 4) is 0 Å². The van der Waals surface area contributed by atoms with Crippen molar-refractivity contribution < 1.29 is 23.1 Å². The number of carbonyl (C=O) groups is 1. The standard InChI is InChI=1S/C11H11ClF3N3O2/c12-10-16-7(11(13,14)15)5-8(17-10)18-3-1-6(2-4-18)9(19)20/h5-6H,1-4H2,(H,19,20). The summed E-state index contributed by atoms with van der Waals surface area (Å²) in [6.07, 6.45) is -3.88. The predicted molar refractivity (Wildman–Crippen MR) is 64.6 cm³/mol. The quantitative estimate of drug-likeness (QED) is 0.850. The summed E-state index contributed by atoms with van der Waals surface area (Å²) in [4.78, 5) is 19.3. The minimum Gasteiger partial charge on any atom is -0.481 e. The Kier molecular flexibility index (Phi) is 4.03. The molecule has 1 N–H and O–H groups in total. The Morgan fingerprint density at radius 2 is 1.95 bits per heavy atom. The topological polar surface area (TPSA) is 66.3 Å². The molecule has 0 bridgehead atoms. The number of halogens is 4. The Morgan fingerprint density at radius 1 is 1.35 bits per heavy atom. The fourth-order valence-electron chi connectivity index (χ4n) is 2.07. The normalized spacial score (nSPS) is 17.3. The molecule has 1 saturated heterocycles. The van der Waals surface area contributed by atoms with Gasteiger partial charge in [0, 0.05) is 19.2 Å². The Balaban J connectivity index is 2.18. The van der Waals surface area contributed by atoms with Crippen molar-refractivity contribution in [2.24, 2.45) is 5.92 Å². The number of hydrogen-bond acceptors (Lipinski definition) is 4. The minimum atomic E-state index is -4.60. The molecule has 1 aliphatic heterocycles. The van der Waals surface area contributed by atoms with Gasteiger partial charge in [-0.25, -0.2) is 9.97 Å². The lowest BCUT2D eigenvalue weighted by molar-refractivity contribution is -0.142. The first-order valence-electron chi connectivity index (χ1n) is 5.87. The van der Waals surface area contributed by atoms with Crippen LogP contribution in [0.4, 0.5) is 19.0 Å². The monoisotopic (exact) mass is 309 g/mol. The van der Waals surface area contributed by atoms with E-state index in [0.29, 0.717) is 25.9 Å². The Labute approximate surface area is 117 Å². The average Bonchev–Trinajstić information content (AvgIpc) is 2.37. The van der Waals surface area contributed by atoms with Crippen LogP contribution in [0.15, 0.2) is 6.07 Å². The molecule has 2 rings (SSSR count). The summed E-state index contributed by atoms with van der Waals surface area (Å²) in [7, 11) is 0. The van der Waals surface area contributed by atoms with Crippen LogP contribution in [0.1, 0.15) is 18.5 Å². The second-order valence-corrected chi connectivity index (χ2v) is 4.82. The van der Waals surface area contributed by atoms with Gasteiger partial charge in [0.2, 0.25) is 5.28 Å². The van der Waals surface area contributed by atoms with Gasteiger partial charge < -0.3 is 10.0 Å². The zero-order valence-corrected chi connectivity index (χ0v) is 10.9. The highest BCUT2D eigenvalue weighted by atomic mass is 35.5. The van der Waals surface area contributed by atoms with Crippen molar-refractivity contribution in [3.05, 3.63) is 17.0 Å². The maximum absolute atomic E-state index is 12.6. The van der Waals surface area contributed by atoms with Crippen LogP contribution >= 0.6 is 11.6 Å². The van der Waals surface area contributed by atoms with Crippen molar-refractivity contribution in [1.29, 1.82) is 0 Å². The van der Waals surface area contributed by atoms with E-state index >= 15 is 0 Å². The summed E-state index contributed by atoms with van der Waals surface area (Å²) >= 11 is 5.51. The van der Waals surface area contributed by atoms with Crippen molar-refractivity contribution in [2.45, 2.75) is 19.0 Å². The van der Waals surface area contributed by atoms with E-state index in [0.717, 1.165) is 6.07 Å². The highest BCUT2D eigenvalue weighted by molar-refractivity contribution is 6.28. The van der Waals surface area contributed by atoms with Crippen LogP contribution in [0.5, 0.6) is 0 Å². The summed E-state index contributed by atoms with van der Waals surface area (Å²) in [5, 5.41) is 8.40. The number of piperidine rings is 1. The molecule has 1 fully saturated rings. The molecule has 0 spiro atoms. The third-order valence-corrected chi connectivity index (χ3v) is 3.31. The van der Waals surface area contributed by atoms with Crippen LogP contribution < -0.4 is 4.90 Å². The van der Waals surface area contributed by atoms with E-state index in [-0.39, 0.29) is 5.82 Å². The third kappa shape index (κ3) is 3.30. The fraction of sp³-hybridized carbons (Fsp3) is 0.545. The van der Waals surface area contributed by atoms with Crippen LogP contribution in [0.2, 0.25) is 5.28 Å². The molecule has 0 saturated carbocycles. The van der Waals surface area contributed by atoms with Crippen LogP contribution in [-0.2, 0) is 11.0 Å². The first kappa shape index (κ1) is 14.8. The molecule has 1 aromatic rings. The van der Waals surface area contributed by atoms with Crippen LogP contribution in [-0.4, -0.2) is 34.1 Å². The summed E-state index contributed by atoms with van der Waals surface area (Å²) in [6.45, 7) is 0.642. The van der Waals surface area contributed by atoms with Gasteiger partial charge in [0.15, 0.2) is 5.69 Å². The molecule has 20 heavy (non-hydrogen) atoms. The van der Waals surface area contributed by atoms with E-state index in [1.165, 1.54) is 0 Å². The molecule has 0 aromatic carbocycles. The van der Waals surface area contributed by atoms with Crippen molar-refractivity contribution in [2.75, 3.05) is 18.0 Å². The second kappa shape index (κ2) is 5.43. The lowest BCUT2D eigenvalue weighted by atomic mass is 9.97. The number of alkyl halides is 3. The van der Waals surface area contributed by atoms with Crippen LogP contribution in [0, 0.1) is 5.92 Å². The smallest absolute Gasteiger partial charge is 0.433 e. The molecule has 1 aliphatic rings. The zero-order valence-electron chi connectivity index (χ0n) is 10.2. The molecular formula is C11H11ClF3N3O2. The second-order valence-electron chi connectivity index (χ2n) is 4.48. The van der Waals surface area contributed by atoms with Gasteiger partial charge >= 0.3 is 12.1 Å². The Bertz CT molecular complexity index is 516. The SMILES string of the molecule is O=C(O)C1CCN(c2cc(C(F)(F)F)nc(Cl)n2)CC1. The van der Waals surface area contributed by atoms with Gasteiger partial charge in [-0.2, -0.15) is 13.2 Å². The maximum Gasteiger partial charge on any atom is 0.433 e. The van der Waals surface area contributed by atoms with Gasteiger partial charge in [0.25, 0.3) is 0 Å². The summed E-state index contributed by atoms with van der Waals surface area (Å²) in [5.41, 5.74) is -1.10. The van der Waals surface area contributed by atoms with E-state index in [9.17, 15) is 18.0 Å². The number of carboxylic acid groups (broad SMARTS) is 1. The Hall–Kier alpha value is -1.57. The van der Waals surface area contributed by atoms with Crippen LogP contribution in [0.3, 0.4) is 0 Å². The fourth-order valence-corrected chi connectivity index (χ4v) is 2.25. The molecule has 110 valence electrons. The number of rotatable bonds is 2. The molecule has 0 amide bonds. The van der Waals surface area contributed by atoms with Crippen molar-refractivity contribution >= 4 is 23.4 Å². The van der Waals surface area contributed by atoms with Crippen molar-refractivity contribution in [1.82, 2.24) is 9.97 Å². The number of hydrogen-bond donors (Lipinski definition) is 1. The zero-order chi connectivity index (χ0) is 14.9. The van der Waals surface area contributed by atoms with Crippen molar-refractivity contribution in [3.63, 3.8) is 0 Å². The maximum atomic E-state index is 12.6. The lowest BCUT2D eigenvalue weighted by Crippen LogP contribution is -2.37. The minimum absolute atomic E-state index is 0.0705. The lowest BCUT2D eigenvalue weighted by Gasteiger charge is -2.31. The van der Waals surface area contributed by atoms with Gasteiger partial charge in [0.05, 0.1) is 5.92 Å². The van der Waals surface area contributed by atoms with Gasteiger partial charge in [-0.05, 0) is 24.4 Å². The van der Waals surface area contributed by atoms with Gasteiger partial charge in [-0.15, -0.1) is 0 Å². The van der Waals surface area contributed by atoms with E-state index in [2.05, 4.69) is 9.97 Å². The molecular weight excluding hydrogens is 299 g/mol. The largest absolute Gasteiger partial charge is 0.481 e. The first-order valence-corrected chi connectivity index (χ1v) is 6.24. The molecule has 1 aromatic heterocycles. The van der Waals surface area contributed by atoms with Gasteiger partial charge in [0.1, 0.15) is 5.82 Å². The molecule has 0 aliphatic carbocycles. The Morgan fingerprint density at radius 3 is 2.45 bits per heavy atom. The number of carboxylic acids is 1. The average molecular weight is 310 g/mol. The van der Waals surface area contributed by atoms with E-state index in [1.807, 2.05) is 0 Å². The molecule has 9 heteroatoms. The predicted octanol–water partition coefficient (Wildman–Crippen LogP) is 2.45. The summed E-state index contributed by atoms with van der Waals surface area (Å²) < 4.78 is 37.9. The number of aliphatic carboxylic acids is 1. The van der Waals surface area contributed by atoms with E-state index in [1.54, 1.807) is 4.90 Å². The van der Waals surface area contributed by atoms with E-state index < -0.39 is 29.0 Å². The summed E-state index contributed by atoms with van der Waals surface area (Å²) in [6, 6.07) is 0.826. The highest BCUT2D eigenvalue weighted by Crippen LogP contribution is 2.31. The number of nitrogens with zero attached hydrogens (tertiary/aromatic N) is 3. The summed E-state index contributed by atoms with van der Waals surface area (Å²) in [5.74, 6) is -1.28. The van der Waals surface area contributed by atoms with Crippen LogP contribution in [0.25, 0.3) is 0 Å².